The van der Waals surface area contributed by atoms with Crippen molar-refractivity contribution in [3.8, 4) is 0 Å². The zero-order valence-corrected chi connectivity index (χ0v) is 11.0. The van der Waals surface area contributed by atoms with Crippen molar-refractivity contribution in [2.45, 2.75) is 32.9 Å². The van der Waals surface area contributed by atoms with Crippen LogP contribution in [-0.4, -0.2) is 23.4 Å². The van der Waals surface area contributed by atoms with Gasteiger partial charge in [0, 0.05) is 18.5 Å². The molecule has 0 fully saturated rings. The van der Waals surface area contributed by atoms with Crippen LogP contribution in [0, 0.1) is 11.6 Å². The quantitative estimate of drug-likeness (QED) is 0.704. The van der Waals surface area contributed by atoms with E-state index in [0.717, 1.165) is 18.5 Å². The number of rotatable bonds is 6. The van der Waals surface area contributed by atoms with Crippen molar-refractivity contribution in [2.75, 3.05) is 12.4 Å². The van der Waals surface area contributed by atoms with Crippen molar-refractivity contribution in [2.24, 2.45) is 0 Å². The van der Waals surface area contributed by atoms with Crippen LogP contribution in [0.15, 0.2) is 18.2 Å². The standard InChI is InChI=1S/C13H18ClF2N/c1-10(2)17(7-3-6-14)9-11-4-5-12(15)13(16)8-11/h4-5,8,10H,3,6-7,9H2,1-2H3. The average Bonchev–Trinajstić information content (AvgIpc) is 2.28. The van der Waals surface area contributed by atoms with Gasteiger partial charge in [0.2, 0.25) is 0 Å². The molecule has 0 saturated carbocycles. The van der Waals surface area contributed by atoms with Gasteiger partial charge in [-0.2, -0.15) is 0 Å². The van der Waals surface area contributed by atoms with Crippen LogP contribution in [0.1, 0.15) is 25.8 Å². The van der Waals surface area contributed by atoms with Gasteiger partial charge in [0.15, 0.2) is 11.6 Å². The molecule has 0 atom stereocenters. The van der Waals surface area contributed by atoms with E-state index >= 15 is 0 Å². The van der Waals surface area contributed by atoms with Gasteiger partial charge in [-0.3, -0.25) is 4.90 Å². The molecule has 0 N–H and O–H groups in total. The topological polar surface area (TPSA) is 3.24 Å². The van der Waals surface area contributed by atoms with E-state index in [2.05, 4.69) is 18.7 Å². The van der Waals surface area contributed by atoms with Crippen LogP contribution in [0.2, 0.25) is 0 Å². The number of nitrogens with zero attached hydrogens (tertiary/aromatic N) is 1. The van der Waals surface area contributed by atoms with Crippen molar-refractivity contribution < 1.29 is 8.78 Å². The predicted octanol–water partition coefficient (Wildman–Crippen LogP) is 3.80. The Balaban J connectivity index is 2.68. The van der Waals surface area contributed by atoms with Gasteiger partial charge in [0.1, 0.15) is 0 Å². The summed E-state index contributed by atoms with van der Waals surface area (Å²) in [7, 11) is 0. The second kappa shape index (κ2) is 6.92. The maximum Gasteiger partial charge on any atom is 0.159 e. The fourth-order valence-corrected chi connectivity index (χ4v) is 1.77. The highest BCUT2D eigenvalue weighted by molar-refractivity contribution is 6.17. The molecule has 0 amide bonds. The first kappa shape index (κ1) is 14.4. The van der Waals surface area contributed by atoms with E-state index in [0.29, 0.717) is 18.5 Å². The Bertz CT molecular complexity index is 355. The minimum atomic E-state index is -0.800. The lowest BCUT2D eigenvalue weighted by molar-refractivity contribution is 0.213. The lowest BCUT2D eigenvalue weighted by Gasteiger charge is -2.26. The van der Waals surface area contributed by atoms with E-state index in [9.17, 15) is 8.78 Å². The van der Waals surface area contributed by atoms with Crippen LogP contribution in [0.3, 0.4) is 0 Å². The van der Waals surface area contributed by atoms with Gasteiger partial charge in [-0.05, 0) is 44.5 Å². The molecule has 0 aliphatic carbocycles. The van der Waals surface area contributed by atoms with E-state index in [-0.39, 0.29) is 0 Å². The number of alkyl halides is 1. The summed E-state index contributed by atoms with van der Waals surface area (Å²) < 4.78 is 25.9. The van der Waals surface area contributed by atoms with Crippen LogP contribution in [0.5, 0.6) is 0 Å². The molecule has 0 aromatic heterocycles. The summed E-state index contributed by atoms with van der Waals surface area (Å²) in [5.41, 5.74) is 0.784. The summed E-state index contributed by atoms with van der Waals surface area (Å²) in [6, 6.07) is 4.40. The van der Waals surface area contributed by atoms with Gasteiger partial charge in [0.25, 0.3) is 0 Å². The average molecular weight is 262 g/mol. The third-order valence-electron chi connectivity index (χ3n) is 2.68. The van der Waals surface area contributed by atoms with Crippen molar-refractivity contribution in [3.05, 3.63) is 35.4 Å². The molecule has 1 rings (SSSR count). The Kier molecular flexibility index (Phi) is 5.86. The van der Waals surface area contributed by atoms with Crippen molar-refractivity contribution >= 4 is 11.6 Å². The normalized spacial score (nSPS) is 11.5. The minimum Gasteiger partial charge on any atom is -0.297 e. The highest BCUT2D eigenvalue weighted by atomic mass is 35.5. The zero-order valence-electron chi connectivity index (χ0n) is 10.2. The summed E-state index contributed by atoms with van der Waals surface area (Å²) in [6.45, 7) is 5.63. The fourth-order valence-electron chi connectivity index (χ4n) is 1.66. The Morgan fingerprint density at radius 3 is 2.47 bits per heavy atom. The fraction of sp³-hybridized carbons (Fsp3) is 0.538. The molecule has 0 aliphatic rings. The molecule has 0 saturated heterocycles. The van der Waals surface area contributed by atoms with Crippen molar-refractivity contribution in [1.29, 1.82) is 0 Å². The molecule has 1 aromatic carbocycles. The van der Waals surface area contributed by atoms with Crippen LogP contribution in [0.25, 0.3) is 0 Å². The predicted molar refractivity (Wildman–Crippen MR) is 67.2 cm³/mol. The first-order valence-corrected chi connectivity index (χ1v) is 6.32. The van der Waals surface area contributed by atoms with E-state index in [4.69, 9.17) is 11.6 Å². The Morgan fingerprint density at radius 2 is 1.94 bits per heavy atom. The van der Waals surface area contributed by atoms with Gasteiger partial charge in [-0.15, -0.1) is 11.6 Å². The molecule has 1 aromatic rings. The molecular formula is C13H18ClF2N. The summed E-state index contributed by atoms with van der Waals surface area (Å²) in [6.07, 6.45) is 0.892. The maximum atomic E-state index is 13.1. The van der Waals surface area contributed by atoms with E-state index in [1.807, 2.05) is 0 Å². The Hall–Kier alpha value is -0.670. The molecule has 0 aliphatic heterocycles. The second-order valence-corrected chi connectivity index (χ2v) is 4.73. The lowest BCUT2D eigenvalue weighted by Crippen LogP contribution is -2.31. The number of hydrogen-bond acceptors (Lipinski definition) is 1. The third-order valence-corrected chi connectivity index (χ3v) is 2.95. The first-order valence-electron chi connectivity index (χ1n) is 5.78. The van der Waals surface area contributed by atoms with Crippen molar-refractivity contribution in [3.63, 3.8) is 0 Å². The summed E-state index contributed by atoms with van der Waals surface area (Å²) in [5, 5.41) is 0. The number of halogens is 3. The summed E-state index contributed by atoms with van der Waals surface area (Å²) >= 11 is 5.66. The van der Waals surface area contributed by atoms with Crippen LogP contribution < -0.4 is 0 Å². The smallest absolute Gasteiger partial charge is 0.159 e. The maximum absolute atomic E-state index is 13.1. The zero-order chi connectivity index (χ0) is 12.8. The molecule has 0 heterocycles. The number of benzene rings is 1. The molecule has 17 heavy (non-hydrogen) atoms. The molecule has 1 nitrogen and oxygen atoms in total. The SMILES string of the molecule is CC(C)N(CCCCl)Cc1ccc(F)c(F)c1. The van der Waals surface area contributed by atoms with Gasteiger partial charge >= 0.3 is 0 Å². The second-order valence-electron chi connectivity index (χ2n) is 4.36. The molecule has 0 radical (unpaired) electrons. The molecular weight excluding hydrogens is 244 g/mol. The molecule has 0 bridgehead atoms. The highest BCUT2D eigenvalue weighted by Crippen LogP contribution is 2.13. The van der Waals surface area contributed by atoms with Gasteiger partial charge in [-0.25, -0.2) is 8.78 Å². The van der Waals surface area contributed by atoms with Gasteiger partial charge < -0.3 is 0 Å². The summed E-state index contributed by atoms with van der Waals surface area (Å²) in [5.74, 6) is -0.977. The minimum absolute atomic E-state index is 0.353. The summed E-state index contributed by atoms with van der Waals surface area (Å²) in [4.78, 5) is 2.19. The van der Waals surface area contributed by atoms with Crippen LogP contribution >= 0.6 is 11.6 Å². The molecule has 0 unspecified atom stereocenters. The number of hydrogen-bond donors (Lipinski definition) is 0. The molecule has 96 valence electrons. The third kappa shape index (κ3) is 4.60. The Labute approximate surface area is 106 Å². The van der Waals surface area contributed by atoms with E-state index < -0.39 is 11.6 Å². The monoisotopic (exact) mass is 261 g/mol. The van der Waals surface area contributed by atoms with E-state index in [1.165, 1.54) is 12.1 Å². The van der Waals surface area contributed by atoms with Crippen molar-refractivity contribution in [1.82, 2.24) is 4.90 Å². The van der Waals surface area contributed by atoms with Gasteiger partial charge in [0.05, 0.1) is 0 Å². The van der Waals surface area contributed by atoms with E-state index in [1.54, 1.807) is 6.07 Å². The Morgan fingerprint density at radius 1 is 1.24 bits per heavy atom. The first-order chi connectivity index (χ1) is 8.04. The molecule has 4 heteroatoms. The van der Waals surface area contributed by atoms with Crippen LogP contribution in [-0.2, 0) is 6.54 Å². The van der Waals surface area contributed by atoms with Crippen LogP contribution in [0.4, 0.5) is 8.78 Å². The largest absolute Gasteiger partial charge is 0.297 e. The lowest BCUT2D eigenvalue weighted by atomic mass is 10.1. The molecule has 0 spiro atoms. The van der Waals surface area contributed by atoms with Gasteiger partial charge in [-0.1, -0.05) is 6.07 Å². The highest BCUT2D eigenvalue weighted by Gasteiger charge is 2.11.